The number of rotatable bonds is 6. The van der Waals surface area contributed by atoms with E-state index in [4.69, 9.17) is 11.6 Å². The van der Waals surface area contributed by atoms with Crippen LogP contribution in [-0.4, -0.2) is 30.8 Å². The van der Waals surface area contributed by atoms with Gasteiger partial charge in [0.15, 0.2) is 0 Å². The summed E-state index contributed by atoms with van der Waals surface area (Å²) in [5.41, 5.74) is 2.03. The molecule has 28 heavy (non-hydrogen) atoms. The van der Waals surface area contributed by atoms with Crippen molar-refractivity contribution in [1.82, 2.24) is 10.6 Å². The van der Waals surface area contributed by atoms with E-state index < -0.39 is 6.04 Å². The molecule has 0 saturated carbocycles. The number of nitrogens with one attached hydrogen (secondary N) is 3. The summed E-state index contributed by atoms with van der Waals surface area (Å²) in [5, 5.41) is 8.33. The molecule has 3 N–H and O–H groups in total. The van der Waals surface area contributed by atoms with E-state index in [0.29, 0.717) is 11.3 Å². The highest BCUT2D eigenvalue weighted by Gasteiger charge is 2.25. The van der Waals surface area contributed by atoms with Crippen molar-refractivity contribution in [3.05, 3.63) is 64.2 Å². The van der Waals surface area contributed by atoms with Gasteiger partial charge in [0.05, 0.1) is 10.6 Å². The molecular weight excluding hydrogens is 378 g/mol. The first-order chi connectivity index (χ1) is 13.2. The largest absolute Gasteiger partial charge is 0.355 e. The van der Waals surface area contributed by atoms with Crippen molar-refractivity contribution in [2.75, 3.05) is 12.4 Å². The maximum absolute atomic E-state index is 12.8. The predicted molar refractivity (Wildman–Crippen MR) is 111 cm³/mol. The van der Waals surface area contributed by atoms with Crippen molar-refractivity contribution < 1.29 is 14.4 Å². The highest BCUT2D eigenvalue weighted by atomic mass is 35.5. The molecule has 0 aromatic heterocycles. The fraction of sp³-hybridized carbons (Fsp3) is 0.286. The minimum atomic E-state index is -0.744. The van der Waals surface area contributed by atoms with Crippen LogP contribution in [-0.2, 0) is 4.79 Å². The lowest BCUT2D eigenvalue weighted by Gasteiger charge is -2.22. The molecule has 0 aliphatic rings. The standard InChI is InChI=1S/C21H24ClN3O3/c1-12(2)18(25-20(27)15-8-6-5-7-13(15)3)21(28)24-14-9-10-17(22)16(11-14)19(26)23-4/h5-12,18H,1-4H3,(H,23,26)(H,24,28)(H,25,27)/t18-/m0/s1. The molecule has 1 atom stereocenters. The Morgan fingerprint density at radius 1 is 0.964 bits per heavy atom. The third-order valence-electron chi connectivity index (χ3n) is 4.33. The summed E-state index contributed by atoms with van der Waals surface area (Å²) in [6, 6.07) is 11.1. The number of halogens is 1. The van der Waals surface area contributed by atoms with Crippen LogP contribution in [0.25, 0.3) is 0 Å². The number of benzene rings is 2. The number of anilines is 1. The number of hydrogen-bond donors (Lipinski definition) is 3. The number of amides is 3. The summed E-state index contributed by atoms with van der Waals surface area (Å²) >= 11 is 6.04. The van der Waals surface area contributed by atoms with E-state index in [9.17, 15) is 14.4 Å². The van der Waals surface area contributed by atoms with Crippen LogP contribution < -0.4 is 16.0 Å². The van der Waals surface area contributed by atoms with Gasteiger partial charge in [-0.2, -0.15) is 0 Å². The SMILES string of the molecule is CNC(=O)c1cc(NC(=O)[C@@H](NC(=O)c2ccccc2C)C(C)C)ccc1Cl. The summed E-state index contributed by atoms with van der Waals surface area (Å²) in [6.07, 6.45) is 0. The van der Waals surface area contributed by atoms with Gasteiger partial charge < -0.3 is 16.0 Å². The summed E-state index contributed by atoms with van der Waals surface area (Å²) in [6.45, 7) is 5.54. The van der Waals surface area contributed by atoms with Crippen molar-refractivity contribution in [3.63, 3.8) is 0 Å². The van der Waals surface area contributed by atoms with Crippen molar-refractivity contribution in [2.24, 2.45) is 5.92 Å². The normalized spacial score (nSPS) is 11.6. The van der Waals surface area contributed by atoms with Crippen LogP contribution in [0.1, 0.15) is 40.1 Å². The van der Waals surface area contributed by atoms with E-state index in [2.05, 4.69) is 16.0 Å². The Hall–Kier alpha value is -2.86. The zero-order valence-corrected chi connectivity index (χ0v) is 17.1. The van der Waals surface area contributed by atoms with Crippen LogP contribution in [0.5, 0.6) is 0 Å². The van der Waals surface area contributed by atoms with E-state index in [1.165, 1.54) is 19.2 Å². The number of carbonyl (C=O) groups excluding carboxylic acids is 3. The van der Waals surface area contributed by atoms with Crippen molar-refractivity contribution >= 4 is 35.0 Å². The molecule has 2 rings (SSSR count). The Bertz CT molecular complexity index is 896. The smallest absolute Gasteiger partial charge is 0.252 e. The average molecular weight is 402 g/mol. The van der Waals surface area contributed by atoms with Crippen LogP contribution in [0.2, 0.25) is 5.02 Å². The molecule has 0 fully saturated rings. The summed E-state index contributed by atoms with van der Waals surface area (Å²) in [4.78, 5) is 37.3. The molecule has 0 spiro atoms. The second kappa shape index (κ2) is 9.37. The number of aryl methyl sites for hydroxylation is 1. The first-order valence-electron chi connectivity index (χ1n) is 8.93. The Morgan fingerprint density at radius 3 is 2.25 bits per heavy atom. The molecule has 2 aromatic carbocycles. The van der Waals surface area contributed by atoms with Gasteiger partial charge in [-0.1, -0.05) is 43.6 Å². The topological polar surface area (TPSA) is 87.3 Å². The molecule has 7 heteroatoms. The fourth-order valence-corrected chi connectivity index (χ4v) is 2.92. The van der Waals surface area contributed by atoms with Gasteiger partial charge in [0.2, 0.25) is 5.91 Å². The lowest BCUT2D eigenvalue weighted by Crippen LogP contribution is -2.47. The molecule has 0 radical (unpaired) electrons. The van der Waals surface area contributed by atoms with Gasteiger partial charge in [-0.05, 0) is 42.7 Å². The Kier molecular flexibility index (Phi) is 7.18. The minimum Gasteiger partial charge on any atom is -0.355 e. The molecule has 0 bridgehead atoms. The average Bonchev–Trinajstić information content (AvgIpc) is 2.66. The molecule has 0 aliphatic carbocycles. The van der Waals surface area contributed by atoms with E-state index in [0.717, 1.165) is 5.56 Å². The first kappa shape index (κ1) is 21.4. The van der Waals surface area contributed by atoms with Crippen LogP contribution in [0.4, 0.5) is 5.69 Å². The van der Waals surface area contributed by atoms with Crippen LogP contribution in [0, 0.1) is 12.8 Å². The summed E-state index contributed by atoms with van der Waals surface area (Å²) < 4.78 is 0. The molecule has 2 aromatic rings. The second-order valence-corrected chi connectivity index (χ2v) is 7.18. The fourth-order valence-electron chi connectivity index (χ4n) is 2.71. The monoisotopic (exact) mass is 401 g/mol. The van der Waals surface area contributed by atoms with Crippen LogP contribution in [0.15, 0.2) is 42.5 Å². The second-order valence-electron chi connectivity index (χ2n) is 6.77. The van der Waals surface area contributed by atoms with E-state index in [1.54, 1.807) is 18.2 Å². The zero-order valence-electron chi connectivity index (χ0n) is 16.3. The summed E-state index contributed by atoms with van der Waals surface area (Å²) in [7, 11) is 1.50. The third-order valence-corrected chi connectivity index (χ3v) is 4.66. The quantitative estimate of drug-likeness (QED) is 0.693. The molecule has 0 aliphatic heterocycles. The summed E-state index contributed by atoms with van der Waals surface area (Å²) in [5.74, 6) is -1.18. The highest BCUT2D eigenvalue weighted by Crippen LogP contribution is 2.21. The van der Waals surface area contributed by atoms with Crippen LogP contribution >= 0.6 is 11.6 Å². The molecule has 0 saturated heterocycles. The number of hydrogen-bond acceptors (Lipinski definition) is 3. The minimum absolute atomic E-state index is 0.140. The molecule has 3 amide bonds. The maximum Gasteiger partial charge on any atom is 0.252 e. The predicted octanol–water partition coefficient (Wildman–Crippen LogP) is 3.40. The van der Waals surface area contributed by atoms with Gasteiger partial charge in [-0.15, -0.1) is 0 Å². The van der Waals surface area contributed by atoms with Gasteiger partial charge in [-0.3, -0.25) is 14.4 Å². The number of carbonyl (C=O) groups is 3. The Labute approximate surface area is 169 Å². The Balaban J connectivity index is 2.19. The molecular formula is C21H24ClN3O3. The van der Waals surface area contributed by atoms with Gasteiger partial charge in [0.1, 0.15) is 6.04 Å². The molecule has 0 unspecified atom stereocenters. The maximum atomic E-state index is 12.8. The highest BCUT2D eigenvalue weighted by molar-refractivity contribution is 6.34. The van der Waals surface area contributed by atoms with Gasteiger partial charge in [0, 0.05) is 18.3 Å². The first-order valence-corrected chi connectivity index (χ1v) is 9.31. The van der Waals surface area contributed by atoms with Crippen LogP contribution in [0.3, 0.4) is 0 Å². The van der Waals surface area contributed by atoms with Gasteiger partial charge in [-0.25, -0.2) is 0 Å². The Morgan fingerprint density at radius 2 is 1.64 bits per heavy atom. The van der Waals surface area contributed by atoms with E-state index in [1.807, 2.05) is 32.9 Å². The molecule has 148 valence electrons. The third kappa shape index (κ3) is 5.10. The van der Waals surface area contributed by atoms with Crippen molar-refractivity contribution in [3.8, 4) is 0 Å². The van der Waals surface area contributed by atoms with E-state index >= 15 is 0 Å². The van der Waals surface area contributed by atoms with Crippen molar-refractivity contribution in [1.29, 1.82) is 0 Å². The molecule has 6 nitrogen and oxygen atoms in total. The zero-order chi connectivity index (χ0) is 20.8. The lowest BCUT2D eigenvalue weighted by atomic mass is 10.0. The van der Waals surface area contributed by atoms with Crippen molar-refractivity contribution in [2.45, 2.75) is 26.8 Å². The molecule has 0 heterocycles. The van der Waals surface area contributed by atoms with E-state index in [-0.39, 0.29) is 34.2 Å². The van der Waals surface area contributed by atoms with Gasteiger partial charge >= 0.3 is 0 Å². The van der Waals surface area contributed by atoms with Gasteiger partial charge in [0.25, 0.3) is 11.8 Å². The lowest BCUT2D eigenvalue weighted by molar-refractivity contribution is -0.118.